The van der Waals surface area contributed by atoms with E-state index in [-0.39, 0.29) is 0 Å². The molecule has 1 unspecified atom stereocenters. The van der Waals surface area contributed by atoms with Crippen molar-refractivity contribution in [2.24, 2.45) is 0 Å². The number of rotatable bonds is 9. The number of nitrogens with zero attached hydrogens (tertiary/aromatic N) is 3. The molecule has 4 heterocycles. The maximum atomic E-state index is 14.3. The smallest absolute Gasteiger partial charge is 0.341 e. The number of pyridine rings is 2. The Balaban J connectivity index is 1.58. The highest BCUT2D eigenvalue weighted by atomic mass is 16.6. The van der Waals surface area contributed by atoms with Gasteiger partial charge in [0.25, 0.3) is 0 Å². The first kappa shape index (κ1) is 30.5. The van der Waals surface area contributed by atoms with E-state index in [2.05, 4.69) is 96.1 Å². The standard InChI is InChI=1S/C43H37N3O3/c1-4-45(5-2)32-24-25-34(37(28-32)48-6-3)43(40-33(42(47)49-43)27-31-21-13-14-22-35(31)44-40)41-39(30-19-11-8-12-20-30)38(29-17-9-7-10-18-29)36-23-15-16-26-46(36)41/h7-28H,4-6H2,1-3H3. The molecule has 4 aromatic carbocycles. The van der Waals surface area contributed by atoms with E-state index in [0.29, 0.717) is 23.6 Å². The van der Waals surface area contributed by atoms with Gasteiger partial charge in [0.05, 0.1) is 34.5 Å². The number of cyclic esters (lactones) is 1. The van der Waals surface area contributed by atoms with Gasteiger partial charge < -0.3 is 18.8 Å². The number of benzene rings is 4. The van der Waals surface area contributed by atoms with Crippen molar-refractivity contribution in [1.82, 2.24) is 9.38 Å². The van der Waals surface area contributed by atoms with Gasteiger partial charge in [0.2, 0.25) is 5.60 Å². The summed E-state index contributed by atoms with van der Waals surface area (Å²) in [7, 11) is 0. The zero-order valence-electron chi connectivity index (χ0n) is 27.9. The minimum Gasteiger partial charge on any atom is -0.493 e. The summed E-state index contributed by atoms with van der Waals surface area (Å²) < 4.78 is 15.6. The van der Waals surface area contributed by atoms with E-state index < -0.39 is 11.6 Å². The largest absolute Gasteiger partial charge is 0.493 e. The molecule has 242 valence electrons. The molecule has 1 aliphatic rings. The zero-order chi connectivity index (χ0) is 33.5. The number of para-hydroxylation sites is 1. The average molecular weight is 644 g/mol. The molecule has 1 atom stereocenters. The molecule has 0 bridgehead atoms. The fraction of sp³-hybridized carbons (Fsp3) is 0.163. The normalized spacial score (nSPS) is 15.4. The second kappa shape index (κ2) is 12.3. The van der Waals surface area contributed by atoms with Crippen LogP contribution >= 0.6 is 0 Å². The Hall–Kier alpha value is -5.88. The van der Waals surface area contributed by atoms with Crippen molar-refractivity contribution in [3.05, 3.63) is 156 Å². The molecule has 0 aliphatic carbocycles. The Bertz CT molecular complexity index is 2330. The van der Waals surface area contributed by atoms with Crippen molar-refractivity contribution >= 4 is 28.1 Å². The van der Waals surface area contributed by atoms with Crippen LogP contribution in [0.1, 0.15) is 48.1 Å². The Morgan fingerprint density at radius 3 is 2.14 bits per heavy atom. The quantitative estimate of drug-likeness (QED) is 0.147. The molecule has 49 heavy (non-hydrogen) atoms. The molecule has 0 radical (unpaired) electrons. The van der Waals surface area contributed by atoms with Crippen molar-refractivity contribution in [2.75, 3.05) is 24.6 Å². The zero-order valence-corrected chi connectivity index (χ0v) is 27.9. The van der Waals surface area contributed by atoms with Crippen LogP contribution in [-0.4, -0.2) is 35.1 Å². The highest BCUT2D eigenvalue weighted by molar-refractivity contribution is 6.02. The minimum atomic E-state index is -1.47. The first-order valence-electron chi connectivity index (χ1n) is 17.0. The molecule has 0 spiro atoms. The molecule has 0 saturated carbocycles. The van der Waals surface area contributed by atoms with Crippen molar-refractivity contribution < 1.29 is 14.3 Å². The lowest BCUT2D eigenvalue weighted by molar-refractivity contribution is 0.0222. The Labute approximate surface area is 286 Å². The highest BCUT2D eigenvalue weighted by Crippen LogP contribution is 2.55. The van der Waals surface area contributed by atoms with Crippen molar-refractivity contribution in [3.8, 4) is 28.0 Å². The molecule has 6 heteroatoms. The summed E-state index contributed by atoms with van der Waals surface area (Å²) in [5, 5.41) is 0.879. The van der Waals surface area contributed by atoms with Gasteiger partial charge in [-0.05, 0) is 68.3 Å². The van der Waals surface area contributed by atoms with Gasteiger partial charge in [-0.3, -0.25) is 0 Å². The molecular weight excluding hydrogens is 606 g/mol. The van der Waals surface area contributed by atoms with Gasteiger partial charge in [0.1, 0.15) is 11.4 Å². The molecule has 1 aliphatic heterocycles. The molecule has 8 rings (SSSR count). The van der Waals surface area contributed by atoms with E-state index in [4.69, 9.17) is 14.5 Å². The maximum Gasteiger partial charge on any atom is 0.341 e. The van der Waals surface area contributed by atoms with E-state index in [0.717, 1.165) is 68.7 Å². The van der Waals surface area contributed by atoms with Crippen molar-refractivity contribution in [2.45, 2.75) is 26.4 Å². The summed E-state index contributed by atoms with van der Waals surface area (Å²) >= 11 is 0. The average Bonchev–Trinajstić information content (AvgIpc) is 3.64. The number of carbonyl (C=O) groups excluding carboxylic acids is 1. The number of anilines is 1. The predicted molar refractivity (Wildman–Crippen MR) is 196 cm³/mol. The SMILES string of the molecule is CCOc1cc(N(CC)CC)ccc1C1(c2c(-c3ccccc3)c(-c3ccccc3)c3ccccn23)OC(=O)c2cc3ccccc3nc21. The van der Waals surface area contributed by atoms with Crippen LogP contribution in [0.2, 0.25) is 0 Å². The topological polar surface area (TPSA) is 56.1 Å². The first-order valence-corrected chi connectivity index (χ1v) is 17.0. The van der Waals surface area contributed by atoms with Crippen LogP contribution in [0.3, 0.4) is 0 Å². The Morgan fingerprint density at radius 2 is 1.43 bits per heavy atom. The Morgan fingerprint density at radius 1 is 0.755 bits per heavy atom. The van der Waals surface area contributed by atoms with Crippen molar-refractivity contribution in [3.63, 3.8) is 0 Å². The van der Waals surface area contributed by atoms with Crippen LogP contribution in [-0.2, 0) is 10.3 Å². The molecular formula is C43H37N3O3. The van der Waals surface area contributed by atoms with Crippen LogP contribution in [0.5, 0.6) is 5.75 Å². The number of ether oxygens (including phenoxy) is 2. The molecule has 0 saturated heterocycles. The van der Waals surface area contributed by atoms with Crippen LogP contribution < -0.4 is 9.64 Å². The monoisotopic (exact) mass is 643 g/mol. The van der Waals surface area contributed by atoms with Gasteiger partial charge in [0.15, 0.2) is 0 Å². The van der Waals surface area contributed by atoms with Crippen LogP contribution in [0.15, 0.2) is 134 Å². The van der Waals surface area contributed by atoms with E-state index in [1.807, 2.05) is 67.6 Å². The number of esters is 1. The summed E-state index contributed by atoms with van der Waals surface area (Å²) in [5.41, 5.74) is 7.92. The summed E-state index contributed by atoms with van der Waals surface area (Å²) in [4.78, 5) is 21.9. The summed E-state index contributed by atoms with van der Waals surface area (Å²) in [6, 6.07) is 43.1. The lowest BCUT2D eigenvalue weighted by Crippen LogP contribution is -2.33. The predicted octanol–water partition coefficient (Wildman–Crippen LogP) is 9.53. The van der Waals surface area contributed by atoms with Crippen LogP contribution in [0.25, 0.3) is 38.7 Å². The molecule has 0 fully saturated rings. The number of carbonyl (C=O) groups is 1. The second-order valence-electron chi connectivity index (χ2n) is 12.2. The molecule has 3 aromatic heterocycles. The second-order valence-corrected chi connectivity index (χ2v) is 12.2. The minimum absolute atomic E-state index is 0.422. The first-order chi connectivity index (χ1) is 24.1. The third-order valence-corrected chi connectivity index (χ3v) is 9.60. The van der Waals surface area contributed by atoms with Gasteiger partial charge in [-0.15, -0.1) is 0 Å². The fourth-order valence-corrected chi connectivity index (χ4v) is 7.45. The number of aromatic nitrogens is 2. The van der Waals surface area contributed by atoms with E-state index in [9.17, 15) is 4.79 Å². The third kappa shape index (κ3) is 4.78. The summed E-state index contributed by atoms with van der Waals surface area (Å²) in [6.07, 6.45) is 2.06. The lowest BCUT2D eigenvalue weighted by atomic mass is 9.81. The number of hydrogen-bond acceptors (Lipinski definition) is 5. The van der Waals surface area contributed by atoms with Crippen LogP contribution in [0, 0.1) is 0 Å². The van der Waals surface area contributed by atoms with Gasteiger partial charge in [-0.1, -0.05) is 84.9 Å². The fourth-order valence-electron chi connectivity index (χ4n) is 7.45. The number of hydrogen-bond donors (Lipinski definition) is 0. The van der Waals surface area contributed by atoms with Gasteiger partial charge >= 0.3 is 5.97 Å². The van der Waals surface area contributed by atoms with Gasteiger partial charge in [-0.25, -0.2) is 9.78 Å². The third-order valence-electron chi connectivity index (χ3n) is 9.60. The molecule has 0 N–H and O–H groups in total. The maximum absolute atomic E-state index is 14.3. The summed E-state index contributed by atoms with van der Waals surface area (Å²) in [6.45, 7) is 8.41. The van der Waals surface area contributed by atoms with Crippen molar-refractivity contribution in [1.29, 1.82) is 0 Å². The van der Waals surface area contributed by atoms with E-state index in [1.54, 1.807) is 0 Å². The molecule has 7 aromatic rings. The molecule has 0 amide bonds. The Kier molecular flexibility index (Phi) is 7.64. The lowest BCUT2D eigenvalue weighted by Gasteiger charge is -2.33. The van der Waals surface area contributed by atoms with Crippen LogP contribution in [0.4, 0.5) is 5.69 Å². The van der Waals surface area contributed by atoms with E-state index >= 15 is 0 Å². The number of fused-ring (bicyclic) bond motifs is 3. The highest BCUT2D eigenvalue weighted by Gasteiger charge is 2.55. The summed E-state index contributed by atoms with van der Waals surface area (Å²) in [5.74, 6) is 0.225. The van der Waals surface area contributed by atoms with Gasteiger partial charge in [-0.2, -0.15) is 0 Å². The van der Waals surface area contributed by atoms with E-state index in [1.165, 1.54) is 0 Å². The molecule has 6 nitrogen and oxygen atoms in total. The van der Waals surface area contributed by atoms with Gasteiger partial charge in [0, 0.05) is 47.6 Å².